The average molecular weight is 473 g/mol. The van der Waals surface area contributed by atoms with Crippen molar-refractivity contribution in [2.45, 2.75) is 71.6 Å². The average Bonchev–Trinajstić information content (AvgIpc) is 2.91. The second-order valence-electron chi connectivity index (χ2n) is 9.94. The molecule has 1 N–H and O–H groups in total. The van der Waals surface area contributed by atoms with Crippen LogP contribution in [0.2, 0.25) is 0 Å². The number of carbonyl (C=O) groups is 6. The highest BCUT2D eigenvalue weighted by atomic mass is 16.6. The molecule has 0 spiro atoms. The summed E-state index contributed by atoms with van der Waals surface area (Å²) in [7, 11) is 0. The molecular weight excluding hydrogens is 446 g/mol. The SMILES string of the molecule is CC(C)(C)OC(=O)Nc1cccc2c1C(=O)N(C1CCC(=O)N(C(=O)OC(C)(C)C)C1=O)C2=O. The van der Waals surface area contributed by atoms with E-state index in [2.05, 4.69) is 5.32 Å². The Morgan fingerprint density at radius 1 is 0.941 bits per heavy atom. The van der Waals surface area contributed by atoms with Crippen molar-refractivity contribution in [3.63, 3.8) is 0 Å². The number of carbonyl (C=O) groups excluding carboxylic acids is 6. The molecule has 2 aliphatic heterocycles. The van der Waals surface area contributed by atoms with Crippen molar-refractivity contribution in [2.75, 3.05) is 5.32 Å². The molecule has 11 nitrogen and oxygen atoms in total. The Morgan fingerprint density at radius 2 is 1.56 bits per heavy atom. The molecule has 11 heteroatoms. The first-order valence-corrected chi connectivity index (χ1v) is 10.7. The number of anilines is 1. The van der Waals surface area contributed by atoms with Gasteiger partial charge in [-0.2, -0.15) is 4.90 Å². The van der Waals surface area contributed by atoms with E-state index in [-0.39, 0.29) is 29.7 Å². The Hall–Kier alpha value is -3.76. The van der Waals surface area contributed by atoms with E-state index in [1.165, 1.54) is 18.2 Å². The highest BCUT2D eigenvalue weighted by Gasteiger charge is 2.50. The lowest BCUT2D eigenvalue weighted by molar-refractivity contribution is -0.149. The first-order valence-electron chi connectivity index (χ1n) is 10.7. The molecule has 34 heavy (non-hydrogen) atoms. The van der Waals surface area contributed by atoms with Gasteiger partial charge in [-0.1, -0.05) is 6.07 Å². The van der Waals surface area contributed by atoms with Gasteiger partial charge in [-0.25, -0.2) is 9.59 Å². The van der Waals surface area contributed by atoms with E-state index in [1.807, 2.05) is 0 Å². The number of amides is 6. The molecule has 0 saturated carbocycles. The van der Waals surface area contributed by atoms with Crippen LogP contribution in [0.1, 0.15) is 75.1 Å². The monoisotopic (exact) mass is 473 g/mol. The third-order valence-corrected chi connectivity index (χ3v) is 4.86. The van der Waals surface area contributed by atoms with Crippen LogP contribution >= 0.6 is 0 Å². The standard InChI is InChI=1S/C23H27N3O8/c1-22(2,3)33-20(31)24-13-9-7-8-12-16(13)19(30)25(17(12)28)14-10-11-15(27)26(18(14)29)21(32)34-23(4,5)6/h7-9,14H,10-11H2,1-6H3,(H,24,31). The second-order valence-corrected chi connectivity index (χ2v) is 9.94. The van der Waals surface area contributed by atoms with Gasteiger partial charge in [0.15, 0.2) is 0 Å². The number of nitrogens with zero attached hydrogens (tertiary/aromatic N) is 2. The number of hydrogen-bond acceptors (Lipinski definition) is 8. The Labute approximate surface area is 196 Å². The van der Waals surface area contributed by atoms with Crippen molar-refractivity contribution >= 4 is 41.5 Å². The summed E-state index contributed by atoms with van der Waals surface area (Å²) in [5, 5.41) is 2.46. The normalized spacial score (nSPS) is 18.7. The summed E-state index contributed by atoms with van der Waals surface area (Å²) in [6, 6.07) is 2.91. The van der Waals surface area contributed by atoms with Gasteiger partial charge < -0.3 is 9.47 Å². The van der Waals surface area contributed by atoms with Gasteiger partial charge in [0, 0.05) is 6.42 Å². The third kappa shape index (κ3) is 4.92. The van der Waals surface area contributed by atoms with E-state index in [1.54, 1.807) is 41.5 Å². The zero-order valence-electron chi connectivity index (χ0n) is 19.9. The van der Waals surface area contributed by atoms with Crippen molar-refractivity contribution in [1.29, 1.82) is 0 Å². The molecule has 1 atom stereocenters. The molecule has 1 aromatic rings. The van der Waals surface area contributed by atoms with Gasteiger partial charge >= 0.3 is 12.2 Å². The number of fused-ring (bicyclic) bond motifs is 1. The zero-order valence-corrected chi connectivity index (χ0v) is 19.9. The maximum atomic E-state index is 13.3. The molecule has 182 valence electrons. The Balaban J connectivity index is 1.89. The molecule has 1 unspecified atom stereocenters. The smallest absolute Gasteiger partial charge is 0.424 e. The first kappa shape index (κ1) is 24.9. The van der Waals surface area contributed by atoms with Crippen LogP contribution in [0.3, 0.4) is 0 Å². The number of imide groups is 4. The molecule has 1 saturated heterocycles. The number of likely N-dealkylation sites (tertiary alicyclic amines) is 1. The number of ether oxygens (including phenoxy) is 2. The summed E-state index contributed by atoms with van der Waals surface area (Å²) in [4.78, 5) is 77.5. The van der Waals surface area contributed by atoms with Gasteiger partial charge in [0.25, 0.3) is 17.7 Å². The fourth-order valence-corrected chi connectivity index (χ4v) is 3.61. The Bertz CT molecular complexity index is 1100. The molecule has 1 fully saturated rings. The zero-order chi connectivity index (χ0) is 25.6. The largest absolute Gasteiger partial charge is 0.444 e. The molecule has 0 aromatic heterocycles. The van der Waals surface area contributed by atoms with Gasteiger partial charge in [0.2, 0.25) is 5.91 Å². The fourth-order valence-electron chi connectivity index (χ4n) is 3.61. The first-order chi connectivity index (χ1) is 15.6. The summed E-state index contributed by atoms with van der Waals surface area (Å²) in [5.74, 6) is -3.41. The van der Waals surface area contributed by atoms with E-state index in [0.29, 0.717) is 4.90 Å². The van der Waals surface area contributed by atoms with Gasteiger partial charge in [-0.3, -0.25) is 29.4 Å². The number of benzene rings is 1. The van der Waals surface area contributed by atoms with Crippen molar-refractivity contribution in [3.8, 4) is 0 Å². The van der Waals surface area contributed by atoms with Gasteiger partial charge in [-0.05, 0) is 60.1 Å². The fraction of sp³-hybridized carbons (Fsp3) is 0.478. The third-order valence-electron chi connectivity index (χ3n) is 4.86. The Morgan fingerprint density at radius 3 is 2.15 bits per heavy atom. The van der Waals surface area contributed by atoms with E-state index in [9.17, 15) is 28.8 Å². The molecule has 2 heterocycles. The van der Waals surface area contributed by atoms with Crippen molar-refractivity contribution in [2.24, 2.45) is 0 Å². The summed E-state index contributed by atoms with van der Waals surface area (Å²) >= 11 is 0. The molecule has 0 bridgehead atoms. The van der Waals surface area contributed by atoms with Crippen LogP contribution < -0.4 is 5.32 Å². The molecule has 0 radical (unpaired) electrons. The summed E-state index contributed by atoms with van der Waals surface area (Å²) in [6.07, 6.45) is -2.38. The van der Waals surface area contributed by atoms with Crippen LogP contribution in [0.25, 0.3) is 0 Å². The highest BCUT2D eigenvalue weighted by molar-refractivity contribution is 6.26. The van der Waals surface area contributed by atoms with E-state index in [0.717, 1.165) is 4.90 Å². The lowest BCUT2D eigenvalue weighted by atomic mass is 10.0. The van der Waals surface area contributed by atoms with Gasteiger partial charge in [-0.15, -0.1) is 0 Å². The molecule has 3 rings (SSSR count). The number of rotatable bonds is 2. The maximum absolute atomic E-state index is 13.3. The molecular formula is C23H27N3O8. The van der Waals surface area contributed by atoms with Gasteiger partial charge in [0.05, 0.1) is 16.8 Å². The van der Waals surface area contributed by atoms with Crippen LogP contribution in [0.15, 0.2) is 18.2 Å². The Kier molecular flexibility index (Phi) is 6.25. The molecule has 2 aliphatic rings. The highest BCUT2D eigenvalue weighted by Crippen LogP contribution is 2.34. The summed E-state index contributed by atoms with van der Waals surface area (Å²) in [5.41, 5.74) is -1.85. The van der Waals surface area contributed by atoms with Crippen LogP contribution in [0, 0.1) is 0 Å². The molecule has 0 aliphatic carbocycles. The van der Waals surface area contributed by atoms with Crippen molar-refractivity contribution in [1.82, 2.24) is 9.80 Å². The minimum absolute atomic E-state index is 0.0212. The number of nitrogens with one attached hydrogen (secondary N) is 1. The molecule has 1 aromatic carbocycles. The van der Waals surface area contributed by atoms with Crippen LogP contribution in [0.5, 0.6) is 0 Å². The minimum atomic E-state index is -1.38. The van der Waals surface area contributed by atoms with Crippen molar-refractivity contribution < 1.29 is 38.2 Å². The maximum Gasteiger partial charge on any atom is 0.424 e. The van der Waals surface area contributed by atoms with E-state index >= 15 is 0 Å². The lowest BCUT2D eigenvalue weighted by Gasteiger charge is -2.34. The molecule has 6 amide bonds. The van der Waals surface area contributed by atoms with E-state index < -0.39 is 53.1 Å². The lowest BCUT2D eigenvalue weighted by Crippen LogP contribution is -2.58. The predicted molar refractivity (Wildman–Crippen MR) is 118 cm³/mol. The van der Waals surface area contributed by atoms with Crippen LogP contribution in [-0.4, -0.2) is 62.9 Å². The van der Waals surface area contributed by atoms with Crippen LogP contribution in [-0.2, 0) is 19.1 Å². The minimum Gasteiger partial charge on any atom is -0.444 e. The second kappa shape index (κ2) is 8.54. The number of piperidine rings is 1. The van der Waals surface area contributed by atoms with Crippen LogP contribution in [0.4, 0.5) is 15.3 Å². The van der Waals surface area contributed by atoms with Crippen molar-refractivity contribution in [3.05, 3.63) is 29.3 Å². The summed E-state index contributed by atoms with van der Waals surface area (Å²) < 4.78 is 10.3. The predicted octanol–water partition coefficient (Wildman–Crippen LogP) is 3.08. The topological polar surface area (TPSA) is 139 Å². The summed E-state index contributed by atoms with van der Waals surface area (Å²) in [6.45, 7) is 9.74. The van der Waals surface area contributed by atoms with E-state index in [4.69, 9.17) is 9.47 Å². The quantitative estimate of drug-likeness (QED) is 0.647. The van der Waals surface area contributed by atoms with Gasteiger partial charge in [0.1, 0.15) is 17.2 Å². The number of hydrogen-bond donors (Lipinski definition) is 1.